The van der Waals surface area contributed by atoms with Crippen molar-refractivity contribution in [2.75, 3.05) is 29.9 Å². The molecule has 176 valence electrons. The molecule has 7 nitrogen and oxygen atoms in total. The third-order valence-corrected chi connectivity index (χ3v) is 8.56. The van der Waals surface area contributed by atoms with Gasteiger partial charge in [0.1, 0.15) is 0 Å². The fourth-order valence-corrected chi connectivity index (χ4v) is 6.09. The van der Waals surface area contributed by atoms with Crippen LogP contribution in [0.15, 0.2) is 47.4 Å². The van der Waals surface area contributed by atoms with E-state index in [0.717, 1.165) is 29.7 Å². The average molecular weight is 470 g/mol. The van der Waals surface area contributed by atoms with E-state index in [4.69, 9.17) is 0 Å². The molecule has 2 unspecified atom stereocenters. The topological polar surface area (TPSA) is 86.8 Å². The molecule has 2 aliphatic heterocycles. The lowest BCUT2D eigenvalue weighted by molar-refractivity contribution is -0.122. The van der Waals surface area contributed by atoms with Gasteiger partial charge in [-0.15, -0.1) is 0 Å². The van der Waals surface area contributed by atoms with Gasteiger partial charge in [-0.05, 0) is 80.1 Å². The summed E-state index contributed by atoms with van der Waals surface area (Å²) in [6.45, 7) is 7.48. The summed E-state index contributed by atoms with van der Waals surface area (Å²) in [5, 5.41) is 2.84. The third-order valence-electron chi connectivity index (χ3n) is 6.68. The van der Waals surface area contributed by atoms with Gasteiger partial charge < -0.3 is 10.2 Å². The molecule has 0 aromatic heterocycles. The van der Waals surface area contributed by atoms with Crippen LogP contribution in [0.2, 0.25) is 0 Å². The molecule has 0 bridgehead atoms. The molecule has 2 saturated heterocycles. The van der Waals surface area contributed by atoms with Gasteiger partial charge in [0, 0.05) is 37.4 Å². The lowest BCUT2D eigenvalue weighted by Gasteiger charge is -2.30. The average Bonchev–Trinajstić information content (AvgIpc) is 3.18. The minimum Gasteiger partial charge on any atom is -0.326 e. The number of amides is 2. The highest BCUT2D eigenvalue weighted by molar-refractivity contribution is 7.89. The van der Waals surface area contributed by atoms with E-state index >= 15 is 0 Å². The Bertz CT molecular complexity index is 1160. The molecule has 0 saturated carbocycles. The minimum absolute atomic E-state index is 0.0735. The van der Waals surface area contributed by atoms with Gasteiger partial charge in [0.05, 0.1) is 10.8 Å². The molecule has 2 aliphatic rings. The Kier molecular flexibility index (Phi) is 6.59. The quantitative estimate of drug-likeness (QED) is 0.723. The van der Waals surface area contributed by atoms with Crippen LogP contribution in [0.5, 0.6) is 0 Å². The number of sulfonamides is 1. The number of hydrogen-bond acceptors (Lipinski definition) is 4. The van der Waals surface area contributed by atoms with Crippen molar-refractivity contribution >= 4 is 33.2 Å². The van der Waals surface area contributed by atoms with Gasteiger partial charge >= 0.3 is 0 Å². The number of carbonyl (C=O) groups is 2. The predicted octanol–water partition coefficient (Wildman–Crippen LogP) is 3.72. The van der Waals surface area contributed by atoms with Crippen molar-refractivity contribution in [1.29, 1.82) is 0 Å². The van der Waals surface area contributed by atoms with Crippen LogP contribution >= 0.6 is 0 Å². The second kappa shape index (κ2) is 9.27. The zero-order valence-electron chi connectivity index (χ0n) is 19.4. The molecule has 2 aromatic carbocycles. The molecule has 8 heteroatoms. The Labute approximate surface area is 195 Å². The van der Waals surface area contributed by atoms with E-state index in [0.29, 0.717) is 31.2 Å². The summed E-state index contributed by atoms with van der Waals surface area (Å²) in [4.78, 5) is 27.2. The number of anilines is 2. The molecular formula is C25H31N3O4S. The van der Waals surface area contributed by atoms with Crippen LogP contribution in [0, 0.1) is 25.7 Å². The standard InChI is InChI=1S/C25H31N3O4S/c1-17-5-4-12-27(15-17)33(31,32)23-10-7-21(8-11-23)26-25(30)20-14-24(29)28(16-20)22-9-6-18(2)19(3)13-22/h6-11,13,17,20H,4-5,12,14-16H2,1-3H3,(H,26,30). The van der Waals surface area contributed by atoms with Crippen LogP contribution < -0.4 is 10.2 Å². The van der Waals surface area contributed by atoms with Gasteiger partial charge in [-0.2, -0.15) is 4.31 Å². The Morgan fingerprint density at radius 3 is 2.42 bits per heavy atom. The zero-order chi connectivity index (χ0) is 23.8. The van der Waals surface area contributed by atoms with Crippen molar-refractivity contribution in [3.8, 4) is 0 Å². The number of aryl methyl sites for hydroxylation is 2. The van der Waals surface area contributed by atoms with Crippen LogP contribution in [-0.2, 0) is 19.6 Å². The van der Waals surface area contributed by atoms with Crippen LogP contribution in [0.25, 0.3) is 0 Å². The number of rotatable bonds is 5. The highest BCUT2D eigenvalue weighted by Crippen LogP contribution is 2.28. The maximum atomic E-state index is 12.9. The third kappa shape index (κ3) is 4.96. The van der Waals surface area contributed by atoms with E-state index in [9.17, 15) is 18.0 Å². The molecule has 1 N–H and O–H groups in total. The van der Waals surface area contributed by atoms with Crippen LogP contribution in [-0.4, -0.2) is 44.2 Å². The zero-order valence-corrected chi connectivity index (χ0v) is 20.2. The molecule has 2 aromatic rings. The molecular weight excluding hydrogens is 438 g/mol. The van der Waals surface area contributed by atoms with Crippen LogP contribution in [0.3, 0.4) is 0 Å². The van der Waals surface area contributed by atoms with Crippen LogP contribution in [0.4, 0.5) is 11.4 Å². The lowest BCUT2D eigenvalue weighted by Crippen LogP contribution is -2.39. The second-order valence-electron chi connectivity index (χ2n) is 9.30. The first-order valence-electron chi connectivity index (χ1n) is 11.4. The molecule has 2 amide bonds. The molecule has 0 radical (unpaired) electrons. The van der Waals surface area contributed by atoms with Crippen molar-refractivity contribution in [2.24, 2.45) is 11.8 Å². The van der Waals surface area contributed by atoms with E-state index in [1.54, 1.807) is 21.3 Å². The van der Waals surface area contributed by atoms with Gasteiger partial charge in [-0.3, -0.25) is 9.59 Å². The summed E-state index contributed by atoms with van der Waals surface area (Å²) in [6.07, 6.45) is 2.06. The summed E-state index contributed by atoms with van der Waals surface area (Å²) in [5.74, 6) is -0.423. The highest BCUT2D eigenvalue weighted by Gasteiger charge is 2.35. The van der Waals surface area contributed by atoms with E-state index < -0.39 is 15.9 Å². The Morgan fingerprint density at radius 1 is 1.03 bits per heavy atom. The monoisotopic (exact) mass is 469 g/mol. The van der Waals surface area contributed by atoms with Crippen molar-refractivity contribution in [3.05, 3.63) is 53.6 Å². The Hall–Kier alpha value is -2.71. The van der Waals surface area contributed by atoms with Crippen molar-refractivity contribution < 1.29 is 18.0 Å². The normalized spacial score (nSPS) is 21.9. The molecule has 0 aliphatic carbocycles. The number of nitrogens with one attached hydrogen (secondary N) is 1. The van der Waals surface area contributed by atoms with Gasteiger partial charge in [0.25, 0.3) is 0 Å². The number of benzene rings is 2. The molecule has 33 heavy (non-hydrogen) atoms. The lowest BCUT2D eigenvalue weighted by atomic mass is 10.0. The van der Waals surface area contributed by atoms with E-state index in [-0.39, 0.29) is 23.1 Å². The second-order valence-corrected chi connectivity index (χ2v) is 11.2. The fourth-order valence-electron chi connectivity index (χ4n) is 4.49. The van der Waals surface area contributed by atoms with Crippen molar-refractivity contribution in [2.45, 2.75) is 44.9 Å². The van der Waals surface area contributed by atoms with Crippen LogP contribution in [0.1, 0.15) is 37.3 Å². The Balaban J connectivity index is 1.40. The molecule has 2 heterocycles. The van der Waals surface area contributed by atoms with E-state index in [2.05, 4.69) is 12.2 Å². The number of piperidine rings is 1. The maximum Gasteiger partial charge on any atom is 0.243 e. The molecule has 4 rings (SSSR count). The number of carbonyl (C=O) groups excluding carboxylic acids is 2. The summed E-state index contributed by atoms with van der Waals surface area (Å²) in [7, 11) is -3.54. The number of nitrogens with zero attached hydrogens (tertiary/aromatic N) is 2. The summed E-state index contributed by atoms with van der Waals surface area (Å²) < 4.78 is 27.4. The summed E-state index contributed by atoms with van der Waals surface area (Å²) in [5.41, 5.74) is 3.57. The predicted molar refractivity (Wildman–Crippen MR) is 129 cm³/mol. The van der Waals surface area contributed by atoms with E-state index in [1.165, 1.54) is 12.1 Å². The first-order chi connectivity index (χ1) is 15.6. The highest BCUT2D eigenvalue weighted by atomic mass is 32.2. The minimum atomic E-state index is -3.54. The Morgan fingerprint density at radius 2 is 1.76 bits per heavy atom. The first kappa shape index (κ1) is 23.4. The molecule has 0 spiro atoms. The van der Waals surface area contributed by atoms with Gasteiger partial charge in [-0.25, -0.2) is 8.42 Å². The van der Waals surface area contributed by atoms with E-state index in [1.807, 2.05) is 32.0 Å². The summed E-state index contributed by atoms with van der Waals surface area (Å²) in [6, 6.07) is 12.1. The van der Waals surface area contributed by atoms with Gasteiger partial charge in [-0.1, -0.05) is 13.0 Å². The largest absolute Gasteiger partial charge is 0.326 e. The SMILES string of the molecule is Cc1ccc(N2CC(C(=O)Nc3ccc(S(=O)(=O)N4CCCC(C)C4)cc3)CC2=O)cc1C. The van der Waals surface area contributed by atoms with Crippen molar-refractivity contribution in [1.82, 2.24) is 4.31 Å². The molecule has 2 atom stereocenters. The maximum absolute atomic E-state index is 12.9. The summed E-state index contributed by atoms with van der Waals surface area (Å²) >= 11 is 0. The number of hydrogen-bond donors (Lipinski definition) is 1. The van der Waals surface area contributed by atoms with Crippen molar-refractivity contribution in [3.63, 3.8) is 0 Å². The fraction of sp³-hybridized carbons (Fsp3) is 0.440. The first-order valence-corrected chi connectivity index (χ1v) is 12.9. The van der Waals surface area contributed by atoms with Gasteiger partial charge in [0.15, 0.2) is 0 Å². The molecule has 2 fully saturated rings. The van der Waals surface area contributed by atoms with Gasteiger partial charge in [0.2, 0.25) is 21.8 Å². The smallest absolute Gasteiger partial charge is 0.243 e.